The number of benzene rings is 1. The molecule has 2 aromatic rings. The monoisotopic (exact) mass is 312 g/mol. The van der Waals surface area contributed by atoms with E-state index in [0.717, 1.165) is 16.3 Å². The number of methoxy groups -OCH3 is 2. The fourth-order valence-electron chi connectivity index (χ4n) is 2.01. The minimum absolute atomic E-state index is 0.00970. The highest BCUT2D eigenvalue weighted by atomic mass is 35.5. The third-order valence-electron chi connectivity index (χ3n) is 3.05. The van der Waals surface area contributed by atoms with Crippen LogP contribution in [0, 0.1) is 0 Å². The SMILES string of the molecule is COc1ccc(C(Cc2ccc(Cl)s2)NN)cc1OC. The van der Waals surface area contributed by atoms with Gasteiger partial charge in [-0.05, 0) is 29.8 Å². The Balaban J connectivity index is 2.22. The molecule has 2 rings (SSSR count). The Morgan fingerprint density at radius 1 is 1.20 bits per heavy atom. The van der Waals surface area contributed by atoms with Crippen LogP contribution in [0.1, 0.15) is 16.5 Å². The predicted octanol–water partition coefficient (Wildman–Crippen LogP) is 3.17. The first-order valence-electron chi connectivity index (χ1n) is 6.10. The molecule has 0 spiro atoms. The lowest BCUT2D eigenvalue weighted by atomic mass is 10.0. The summed E-state index contributed by atoms with van der Waals surface area (Å²) in [5, 5.41) is 0. The van der Waals surface area contributed by atoms with Crippen molar-refractivity contribution in [2.45, 2.75) is 12.5 Å². The molecule has 0 aliphatic rings. The Bertz CT molecular complexity index is 574. The van der Waals surface area contributed by atoms with Crippen LogP contribution in [-0.4, -0.2) is 14.2 Å². The average Bonchev–Trinajstić information content (AvgIpc) is 2.89. The van der Waals surface area contributed by atoms with Crippen molar-refractivity contribution in [2.24, 2.45) is 5.84 Å². The van der Waals surface area contributed by atoms with Gasteiger partial charge in [0.1, 0.15) is 0 Å². The van der Waals surface area contributed by atoms with Crippen molar-refractivity contribution in [2.75, 3.05) is 14.2 Å². The number of halogens is 1. The van der Waals surface area contributed by atoms with Crippen LogP contribution in [0.2, 0.25) is 4.34 Å². The van der Waals surface area contributed by atoms with Gasteiger partial charge in [0.2, 0.25) is 0 Å². The van der Waals surface area contributed by atoms with Gasteiger partial charge in [0, 0.05) is 11.3 Å². The minimum Gasteiger partial charge on any atom is -0.493 e. The van der Waals surface area contributed by atoms with E-state index >= 15 is 0 Å². The second kappa shape index (κ2) is 6.95. The van der Waals surface area contributed by atoms with Gasteiger partial charge >= 0.3 is 0 Å². The molecular weight excluding hydrogens is 296 g/mol. The number of nitrogens with one attached hydrogen (secondary N) is 1. The van der Waals surface area contributed by atoms with Gasteiger partial charge < -0.3 is 9.47 Å². The third-order valence-corrected chi connectivity index (χ3v) is 4.30. The Morgan fingerprint density at radius 3 is 2.50 bits per heavy atom. The maximum Gasteiger partial charge on any atom is 0.161 e. The molecule has 3 N–H and O–H groups in total. The molecule has 4 nitrogen and oxygen atoms in total. The number of thiophene rings is 1. The van der Waals surface area contributed by atoms with Crippen molar-refractivity contribution < 1.29 is 9.47 Å². The minimum atomic E-state index is -0.00970. The van der Waals surface area contributed by atoms with Gasteiger partial charge in [0.15, 0.2) is 11.5 Å². The largest absolute Gasteiger partial charge is 0.493 e. The zero-order valence-electron chi connectivity index (χ0n) is 11.4. The van der Waals surface area contributed by atoms with E-state index in [9.17, 15) is 0 Å². The fraction of sp³-hybridized carbons (Fsp3) is 0.286. The standard InChI is InChI=1S/C14H17ClN2O2S/c1-18-12-5-3-9(7-13(12)19-2)11(17-16)8-10-4-6-14(15)20-10/h3-7,11,17H,8,16H2,1-2H3. The number of ether oxygens (including phenoxy) is 2. The summed E-state index contributed by atoms with van der Waals surface area (Å²) in [6.45, 7) is 0. The summed E-state index contributed by atoms with van der Waals surface area (Å²) in [4.78, 5) is 1.17. The van der Waals surface area contributed by atoms with Crippen LogP contribution in [0.4, 0.5) is 0 Å². The summed E-state index contributed by atoms with van der Waals surface area (Å²) in [5.41, 5.74) is 3.87. The number of hydrazine groups is 1. The summed E-state index contributed by atoms with van der Waals surface area (Å²) in [5.74, 6) is 7.06. The van der Waals surface area contributed by atoms with Crippen LogP contribution in [0.15, 0.2) is 30.3 Å². The zero-order valence-corrected chi connectivity index (χ0v) is 12.9. The van der Waals surface area contributed by atoms with Crippen molar-refractivity contribution in [3.8, 4) is 11.5 Å². The highest BCUT2D eigenvalue weighted by molar-refractivity contribution is 7.16. The molecule has 1 unspecified atom stereocenters. The molecule has 0 saturated heterocycles. The topological polar surface area (TPSA) is 56.5 Å². The Labute approximate surface area is 127 Å². The maximum absolute atomic E-state index is 5.95. The summed E-state index contributed by atoms with van der Waals surface area (Å²) in [6.07, 6.45) is 0.767. The normalized spacial score (nSPS) is 12.2. The molecule has 6 heteroatoms. The van der Waals surface area contributed by atoms with Crippen LogP contribution < -0.4 is 20.7 Å². The molecule has 1 aromatic carbocycles. The van der Waals surface area contributed by atoms with Gasteiger partial charge in [-0.2, -0.15) is 0 Å². The van der Waals surface area contributed by atoms with Crippen molar-refractivity contribution in [3.05, 3.63) is 45.1 Å². The lowest BCUT2D eigenvalue weighted by Gasteiger charge is -2.17. The molecule has 1 aromatic heterocycles. The Kier molecular flexibility index (Phi) is 5.25. The second-order valence-electron chi connectivity index (χ2n) is 4.24. The molecule has 108 valence electrons. The van der Waals surface area contributed by atoms with Crippen molar-refractivity contribution in [3.63, 3.8) is 0 Å². The molecule has 0 radical (unpaired) electrons. The third kappa shape index (κ3) is 3.43. The molecule has 20 heavy (non-hydrogen) atoms. The summed E-state index contributed by atoms with van der Waals surface area (Å²) in [7, 11) is 3.23. The molecule has 0 fully saturated rings. The molecular formula is C14H17ClN2O2S. The van der Waals surface area contributed by atoms with E-state index < -0.39 is 0 Å². The molecule has 0 saturated carbocycles. The first-order valence-corrected chi connectivity index (χ1v) is 7.29. The van der Waals surface area contributed by atoms with E-state index in [2.05, 4.69) is 5.43 Å². The predicted molar refractivity (Wildman–Crippen MR) is 82.6 cm³/mol. The first kappa shape index (κ1) is 15.1. The second-order valence-corrected chi connectivity index (χ2v) is 6.04. The Hall–Kier alpha value is -1.27. The van der Waals surface area contributed by atoms with Crippen LogP contribution >= 0.6 is 22.9 Å². The highest BCUT2D eigenvalue weighted by Crippen LogP contribution is 2.32. The number of hydrogen-bond donors (Lipinski definition) is 2. The van der Waals surface area contributed by atoms with Crippen LogP contribution in [0.25, 0.3) is 0 Å². The van der Waals surface area contributed by atoms with Crippen LogP contribution in [0.5, 0.6) is 11.5 Å². The van der Waals surface area contributed by atoms with Crippen LogP contribution in [-0.2, 0) is 6.42 Å². The van der Waals surface area contributed by atoms with Crippen LogP contribution in [0.3, 0.4) is 0 Å². The quantitative estimate of drug-likeness (QED) is 0.635. The van der Waals surface area contributed by atoms with Gasteiger partial charge in [-0.3, -0.25) is 11.3 Å². The number of rotatable bonds is 6. The van der Waals surface area contributed by atoms with Gasteiger partial charge in [-0.25, -0.2) is 0 Å². The van der Waals surface area contributed by atoms with Crippen molar-refractivity contribution >= 4 is 22.9 Å². The summed E-state index contributed by atoms with van der Waals surface area (Å²) >= 11 is 7.51. The molecule has 1 heterocycles. The molecule has 0 aliphatic carbocycles. The molecule has 0 aliphatic heterocycles. The van der Waals surface area contributed by atoms with Gasteiger partial charge in [-0.15, -0.1) is 11.3 Å². The van der Waals surface area contributed by atoms with Crippen molar-refractivity contribution in [1.82, 2.24) is 5.43 Å². The Morgan fingerprint density at radius 2 is 1.95 bits per heavy atom. The van der Waals surface area contributed by atoms with Gasteiger partial charge in [-0.1, -0.05) is 17.7 Å². The van der Waals surface area contributed by atoms with Gasteiger partial charge in [0.25, 0.3) is 0 Å². The van der Waals surface area contributed by atoms with E-state index in [0.29, 0.717) is 11.5 Å². The highest BCUT2D eigenvalue weighted by Gasteiger charge is 2.14. The molecule has 0 bridgehead atoms. The van der Waals surface area contributed by atoms with E-state index in [1.165, 1.54) is 4.88 Å². The smallest absolute Gasteiger partial charge is 0.161 e. The van der Waals surface area contributed by atoms with Gasteiger partial charge in [0.05, 0.1) is 24.6 Å². The van der Waals surface area contributed by atoms with E-state index in [-0.39, 0.29) is 6.04 Å². The first-order chi connectivity index (χ1) is 9.67. The van der Waals surface area contributed by atoms with E-state index in [1.54, 1.807) is 25.6 Å². The van der Waals surface area contributed by atoms with E-state index in [1.807, 2.05) is 30.3 Å². The number of hydrogen-bond acceptors (Lipinski definition) is 5. The maximum atomic E-state index is 5.95. The molecule has 0 amide bonds. The van der Waals surface area contributed by atoms with Crippen molar-refractivity contribution in [1.29, 1.82) is 0 Å². The number of nitrogens with two attached hydrogens (primary N) is 1. The lowest BCUT2D eigenvalue weighted by molar-refractivity contribution is 0.354. The lowest BCUT2D eigenvalue weighted by Crippen LogP contribution is -2.29. The fourth-order valence-corrected chi connectivity index (χ4v) is 3.14. The average molecular weight is 313 g/mol. The zero-order chi connectivity index (χ0) is 14.5. The molecule has 1 atom stereocenters. The summed E-state index contributed by atoms with van der Waals surface area (Å²) < 4.78 is 11.3. The van der Waals surface area contributed by atoms with E-state index in [4.69, 9.17) is 26.9 Å². The summed E-state index contributed by atoms with van der Waals surface area (Å²) in [6, 6.07) is 9.67.